The lowest BCUT2D eigenvalue weighted by molar-refractivity contribution is 0.415. The highest BCUT2D eigenvalue weighted by Crippen LogP contribution is 2.35. The summed E-state index contributed by atoms with van der Waals surface area (Å²) < 4.78 is 37.7. The quantitative estimate of drug-likeness (QED) is 0.471. The summed E-state index contributed by atoms with van der Waals surface area (Å²) in [6, 6.07) is 19.7. The zero-order valence-corrected chi connectivity index (χ0v) is 16.4. The van der Waals surface area contributed by atoms with Crippen LogP contribution in [0.5, 0.6) is 11.5 Å². The molecule has 0 N–H and O–H groups in total. The van der Waals surface area contributed by atoms with E-state index < -0.39 is 9.84 Å². The molecule has 0 atom stereocenters. The van der Waals surface area contributed by atoms with Crippen molar-refractivity contribution in [1.29, 1.82) is 0 Å². The minimum absolute atomic E-state index is 0.101. The van der Waals surface area contributed by atoms with Gasteiger partial charge in [0.15, 0.2) is 9.84 Å². The van der Waals surface area contributed by atoms with Gasteiger partial charge in [0.05, 0.1) is 35.9 Å². The van der Waals surface area contributed by atoms with E-state index in [1.54, 1.807) is 50.6 Å². The Kier molecular flexibility index (Phi) is 4.65. The number of pyridine rings is 1. The van der Waals surface area contributed by atoms with Gasteiger partial charge in [-0.1, -0.05) is 30.3 Å². The van der Waals surface area contributed by atoms with Crippen molar-refractivity contribution >= 4 is 31.6 Å². The Hall–Kier alpha value is -3.12. The molecule has 4 aromatic rings. The van der Waals surface area contributed by atoms with Gasteiger partial charge in [-0.3, -0.25) is 0 Å². The SMILES string of the molecule is COc1ccc2nc3ccc(OC)cc3c(S(=O)(=O)Cc3ccccc3)c2c1. The van der Waals surface area contributed by atoms with E-state index in [9.17, 15) is 8.42 Å². The van der Waals surface area contributed by atoms with Gasteiger partial charge in [-0.15, -0.1) is 0 Å². The maximum atomic E-state index is 13.5. The molecular weight excluding hydrogens is 374 g/mol. The van der Waals surface area contributed by atoms with Crippen LogP contribution in [0.2, 0.25) is 0 Å². The van der Waals surface area contributed by atoms with Crippen molar-refractivity contribution in [2.45, 2.75) is 10.6 Å². The Labute approximate surface area is 163 Å². The molecule has 5 nitrogen and oxygen atoms in total. The summed E-state index contributed by atoms with van der Waals surface area (Å²) in [5.74, 6) is 1.05. The van der Waals surface area contributed by atoms with Gasteiger partial charge >= 0.3 is 0 Å². The smallest absolute Gasteiger partial charge is 0.183 e. The van der Waals surface area contributed by atoms with Crippen molar-refractivity contribution in [2.24, 2.45) is 0 Å². The lowest BCUT2D eigenvalue weighted by Crippen LogP contribution is -2.07. The second-order valence-corrected chi connectivity index (χ2v) is 8.38. The van der Waals surface area contributed by atoms with Crippen LogP contribution in [0.1, 0.15) is 5.56 Å². The van der Waals surface area contributed by atoms with Gasteiger partial charge in [-0.25, -0.2) is 13.4 Å². The fourth-order valence-corrected chi connectivity index (χ4v) is 5.09. The average molecular weight is 393 g/mol. The largest absolute Gasteiger partial charge is 0.497 e. The second-order valence-electron chi connectivity index (χ2n) is 6.45. The highest BCUT2D eigenvalue weighted by Gasteiger charge is 2.23. The Morgan fingerprint density at radius 3 is 1.82 bits per heavy atom. The second kappa shape index (κ2) is 7.13. The molecule has 0 aliphatic rings. The number of methoxy groups -OCH3 is 2. The van der Waals surface area contributed by atoms with Crippen molar-refractivity contribution in [3.63, 3.8) is 0 Å². The van der Waals surface area contributed by atoms with E-state index in [0.29, 0.717) is 33.3 Å². The highest BCUT2D eigenvalue weighted by atomic mass is 32.2. The van der Waals surface area contributed by atoms with Crippen LogP contribution in [0.3, 0.4) is 0 Å². The molecule has 0 aliphatic heterocycles. The summed E-state index contributed by atoms with van der Waals surface area (Å²) in [4.78, 5) is 4.88. The predicted octanol–water partition coefficient (Wildman–Crippen LogP) is 4.38. The maximum Gasteiger partial charge on any atom is 0.183 e. The first kappa shape index (κ1) is 18.3. The molecule has 1 aromatic heterocycles. The number of nitrogens with zero attached hydrogens (tertiary/aromatic N) is 1. The fourth-order valence-electron chi connectivity index (χ4n) is 3.32. The van der Waals surface area contributed by atoms with Crippen molar-refractivity contribution in [1.82, 2.24) is 4.98 Å². The van der Waals surface area contributed by atoms with Gasteiger partial charge < -0.3 is 9.47 Å². The Morgan fingerprint density at radius 2 is 1.32 bits per heavy atom. The molecule has 0 aliphatic carbocycles. The molecule has 0 spiro atoms. The van der Waals surface area contributed by atoms with E-state index in [2.05, 4.69) is 4.98 Å². The van der Waals surface area contributed by atoms with Gasteiger partial charge in [0, 0.05) is 10.8 Å². The first-order valence-corrected chi connectivity index (χ1v) is 10.4. The molecule has 6 heteroatoms. The monoisotopic (exact) mass is 393 g/mol. The van der Waals surface area contributed by atoms with Gasteiger partial charge in [-0.05, 0) is 42.0 Å². The van der Waals surface area contributed by atoms with Gasteiger partial charge in [-0.2, -0.15) is 0 Å². The fraction of sp³-hybridized carbons (Fsp3) is 0.136. The molecular formula is C22H19NO4S. The number of hydrogen-bond donors (Lipinski definition) is 0. The number of fused-ring (bicyclic) bond motifs is 2. The Balaban J connectivity index is 2.06. The summed E-state index contributed by atoms with van der Waals surface area (Å²) in [7, 11) is -0.563. The van der Waals surface area contributed by atoms with E-state index in [-0.39, 0.29) is 10.6 Å². The molecule has 142 valence electrons. The van der Waals surface area contributed by atoms with Crippen molar-refractivity contribution in [3.05, 3.63) is 72.3 Å². The minimum Gasteiger partial charge on any atom is -0.497 e. The number of sulfone groups is 1. The number of ether oxygens (including phenoxy) is 2. The number of aromatic nitrogens is 1. The predicted molar refractivity (Wildman–Crippen MR) is 110 cm³/mol. The van der Waals surface area contributed by atoms with Gasteiger partial charge in [0.1, 0.15) is 11.5 Å². The van der Waals surface area contributed by atoms with Crippen LogP contribution in [0.15, 0.2) is 71.6 Å². The van der Waals surface area contributed by atoms with Gasteiger partial charge in [0.2, 0.25) is 0 Å². The van der Waals surface area contributed by atoms with Crippen LogP contribution < -0.4 is 9.47 Å². The van der Waals surface area contributed by atoms with Crippen molar-refractivity contribution in [3.8, 4) is 11.5 Å². The Morgan fingerprint density at radius 1 is 0.786 bits per heavy atom. The lowest BCUT2D eigenvalue weighted by atomic mass is 10.1. The molecule has 3 aromatic carbocycles. The van der Waals surface area contributed by atoms with Crippen LogP contribution >= 0.6 is 0 Å². The van der Waals surface area contributed by atoms with Crippen LogP contribution in [0, 0.1) is 0 Å². The topological polar surface area (TPSA) is 65.5 Å². The summed E-state index contributed by atoms with van der Waals surface area (Å²) in [6.45, 7) is 0. The van der Waals surface area contributed by atoms with Crippen LogP contribution in [0.4, 0.5) is 0 Å². The lowest BCUT2D eigenvalue weighted by Gasteiger charge is -2.14. The molecule has 4 rings (SSSR count). The van der Waals surface area contributed by atoms with Crippen LogP contribution in [-0.2, 0) is 15.6 Å². The molecule has 0 radical (unpaired) electrons. The number of benzene rings is 3. The standard InChI is InChI=1S/C22H19NO4S/c1-26-16-8-10-20-18(12-16)22(19-13-17(27-2)9-11-21(19)23-20)28(24,25)14-15-6-4-3-5-7-15/h3-13H,14H2,1-2H3. The first-order chi connectivity index (χ1) is 13.5. The first-order valence-electron chi connectivity index (χ1n) is 8.74. The van der Waals surface area contributed by atoms with E-state index >= 15 is 0 Å². The minimum atomic E-state index is -3.67. The molecule has 0 amide bonds. The van der Waals surface area contributed by atoms with Crippen LogP contribution in [0.25, 0.3) is 21.8 Å². The summed E-state index contributed by atoms with van der Waals surface area (Å²) in [6.07, 6.45) is 0. The molecule has 0 unspecified atom stereocenters. The van der Waals surface area contributed by atoms with Crippen molar-refractivity contribution in [2.75, 3.05) is 14.2 Å². The van der Waals surface area contributed by atoms with Crippen molar-refractivity contribution < 1.29 is 17.9 Å². The van der Waals surface area contributed by atoms with Crippen LogP contribution in [-0.4, -0.2) is 27.6 Å². The van der Waals surface area contributed by atoms with E-state index in [4.69, 9.17) is 9.47 Å². The van der Waals surface area contributed by atoms with E-state index in [0.717, 1.165) is 5.56 Å². The third-order valence-corrected chi connectivity index (χ3v) is 6.42. The molecule has 1 heterocycles. The maximum absolute atomic E-state index is 13.5. The summed E-state index contributed by atoms with van der Waals surface area (Å²) in [5, 5.41) is 1.08. The molecule has 0 fully saturated rings. The third-order valence-electron chi connectivity index (χ3n) is 4.65. The normalized spacial score (nSPS) is 11.6. The van der Waals surface area contributed by atoms with Gasteiger partial charge in [0.25, 0.3) is 0 Å². The zero-order chi connectivity index (χ0) is 19.7. The summed E-state index contributed by atoms with van der Waals surface area (Å²) >= 11 is 0. The molecule has 0 saturated heterocycles. The Bertz CT molecular complexity index is 1210. The third kappa shape index (κ3) is 3.27. The molecule has 28 heavy (non-hydrogen) atoms. The zero-order valence-electron chi connectivity index (χ0n) is 15.5. The molecule has 0 bridgehead atoms. The highest BCUT2D eigenvalue weighted by molar-refractivity contribution is 7.91. The summed E-state index contributed by atoms with van der Waals surface area (Å²) in [5.41, 5.74) is 1.93. The number of hydrogen-bond acceptors (Lipinski definition) is 5. The van der Waals surface area contributed by atoms with E-state index in [1.807, 2.05) is 30.3 Å². The van der Waals surface area contributed by atoms with E-state index in [1.165, 1.54) is 0 Å². The average Bonchev–Trinajstić information content (AvgIpc) is 2.71. The number of rotatable bonds is 5. The molecule has 0 saturated carbocycles.